The molecule has 0 spiro atoms. The standard InChI is InChI=1S/C12H14N8O/c1-2-10(21-5-1)9-6-13-3-4-19(9)18-12-15-7-14-11-16-8-17-20(11)12/h1-2,5,7-9,13H,3-4,6H2,(H,14,15,16,17,18). The first-order valence-corrected chi connectivity index (χ1v) is 6.70. The molecule has 1 aliphatic rings. The lowest BCUT2D eigenvalue weighted by Crippen LogP contribution is -2.48. The number of nitrogens with zero attached hydrogens (tertiary/aromatic N) is 6. The number of hydrogen-bond acceptors (Lipinski definition) is 8. The molecule has 2 N–H and O–H groups in total. The average Bonchev–Trinajstić information content (AvgIpc) is 3.20. The average molecular weight is 286 g/mol. The summed E-state index contributed by atoms with van der Waals surface area (Å²) in [6, 6.07) is 3.95. The minimum absolute atomic E-state index is 0.0855. The molecule has 0 radical (unpaired) electrons. The van der Waals surface area contributed by atoms with Gasteiger partial charge >= 0.3 is 0 Å². The Labute approximate surface area is 120 Å². The Balaban J connectivity index is 1.64. The number of rotatable bonds is 3. The van der Waals surface area contributed by atoms with Crippen LogP contribution in [0.1, 0.15) is 11.8 Å². The zero-order valence-corrected chi connectivity index (χ0v) is 11.2. The Morgan fingerprint density at radius 3 is 3.14 bits per heavy atom. The van der Waals surface area contributed by atoms with Crippen LogP contribution in [0.15, 0.2) is 35.5 Å². The van der Waals surface area contributed by atoms with Crippen LogP contribution in [-0.4, -0.2) is 49.2 Å². The van der Waals surface area contributed by atoms with Gasteiger partial charge in [-0.15, -0.1) is 0 Å². The summed E-state index contributed by atoms with van der Waals surface area (Å²) in [4.78, 5) is 12.3. The van der Waals surface area contributed by atoms with Gasteiger partial charge in [-0.1, -0.05) is 0 Å². The quantitative estimate of drug-likeness (QED) is 0.699. The predicted octanol–water partition coefficient (Wildman–Crippen LogP) is 0.0857. The second kappa shape index (κ2) is 5.11. The fourth-order valence-corrected chi connectivity index (χ4v) is 2.44. The van der Waals surface area contributed by atoms with Crippen molar-refractivity contribution in [1.82, 2.24) is 34.9 Å². The van der Waals surface area contributed by atoms with Gasteiger partial charge in [0.05, 0.1) is 12.3 Å². The van der Waals surface area contributed by atoms with E-state index < -0.39 is 0 Å². The Bertz CT molecular complexity index is 724. The Kier molecular flexibility index (Phi) is 2.98. The molecule has 108 valence electrons. The maximum absolute atomic E-state index is 5.52. The van der Waals surface area contributed by atoms with E-state index in [9.17, 15) is 0 Å². The van der Waals surface area contributed by atoms with Gasteiger partial charge in [-0.25, -0.2) is 9.99 Å². The van der Waals surface area contributed by atoms with Crippen LogP contribution in [-0.2, 0) is 0 Å². The molecule has 4 heterocycles. The third-order valence-electron chi connectivity index (χ3n) is 3.44. The summed E-state index contributed by atoms with van der Waals surface area (Å²) < 4.78 is 7.09. The van der Waals surface area contributed by atoms with Crippen molar-refractivity contribution in [2.75, 3.05) is 25.1 Å². The molecule has 4 rings (SSSR count). The molecule has 21 heavy (non-hydrogen) atoms. The molecule has 3 aromatic rings. The largest absolute Gasteiger partial charge is 0.468 e. The maximum Gasteiger partial charge on any atom is 0.256 e. The number of anilines is 1. The van der Waals surface area contributed by atoms with Gasteiger partial charge in [-0.3, -0.25) is 5.43 Å². The van der Waals surface area contributed by atoms with Crippen molar-refractivity contribution in [2.24, 2.45) is 0 Å². The van der Waals surface area contributed by atoms with Crippen LogP contribution < -0.4 is 10.7 Å². The molecule has 1 aliphatic heterocycles. The molecule has 1 unspecified atom stereocenters. The van der Waals surface area contributed by atoms with E-state index in [1.54, 1.807) is 10.8 Å². The fourth-order valence-electron chi connectivity index (χ4n) is 2.44. The van der Waals surface area contributed by atoms with E-state index in [2.05, 4.69) is 35.8 Å². The van der Waals surface area contributed by atoms with E-state index >= 15 is 0 Å². The van der Waals surface area contributed by atoms with E-state index in [0.717, 1.165) is 25.4 Å². The summed E-state index contributed by atoms with van der Waals surface area (Å²) in [6.07, 6.45) is 4.61. The van der Waals surface area contributed by atoms with Gasteiger partial charge in [0, 0.05) is 19.6 Å². The van der Waals surface area contributed by atoms with Crippen LogP contribution in [0.25, 0.3) is 5.78 Å². The smallest absolute Gasteiger partial charge is 0.256 e. The third-order valence-corrected chi connectivity index (χ3v) is 3.44. The van der Waals surface area contributed by atoms with Crippen molar-refractivity contribution in [3.8, 4) is 0 Å². The highest BCUT2D eigenvalue weighted by molar-refractivity contribution is 5.35. The number of furan rings is 1. The highest BCUT2D eigenvalue weighted by Crippen LogP contribution is 2.22. The molecular formula is C12H14N8O. The molecule has 9 nitrogen and oxygen atoms in total. The van der Waals surface area contributed by atoms with E-state index in [4.69, 9.17) is 4.42 Å². The van der Waals surface area contributed by atoms with Crippen LogP contribution in [0.5, 0.6) is 0 Å². The van der Waals surface area contributed by atoms with Crippen molar-refractivity contribution >= 4 is 11.7 Å². The van der Waals surface area contributed by atoms with Gasteiger partial charge in [0.1, 0.15) is 18.4 Å². The van der Waals surface area contributed by atoms with E-state index in [1.807, 2.05) is 12.1 Å². The predicted molar refractivity (Wildman–Crippen MR) is 73.2 cm³/mol. The topological polar surface area (TPSA) is 96.4 Å². The van der Waals surface area contributed by atoms with Crippen LogP contribution >= 0.6 is 0 Å². The number of nitrogens with one attached hydrogen (secondary N) is 2. The monoisotopic (exact) mass is 286 g/mol. The molecule has 0 aliphatic carbocycles. The van der Waals surface area contributed by atoms with Crippen LogP contribution in [0.2, 0.25) is 0 Å². The van der Waals surface area contributed by atoms with Gasteiger partial charge in [-0.05, 0) is 12.1 Å². The molecule has 9 heteroatoms. The summed E-state index contributed by atoms with van der Waals surface area (Å²) in [6.45, 7) is 2.49. The highest BCUT2D eigenvalue weighted by Gasteiger charge is 2.26. The molecule has 0 aromatic carbocycles. The maximum atomic E-state index is 5.52. The summed E-state index contributed by atoms with van der Waals surface area (Å²) >= 11 is 0. The summed E-state index contributed by atoms with van der Waals surface area (Å²) in [7, 11) is 0. The van der Waals surface area contributed by atoms with Crippen molar-refractivity contribution in [3.05, 3.63) is 36.8 Å². The summed E-state index contributed by atoms with van der Waals surface area (Å²) in [5.41, 5.74) is 3.29. The SMILES string of the molecule is c1coc(C2CNCCN2Nc2ncnc3ncnn23)c1. The van der Waals surface area contributed by atoms with E-state index in [0.29, 0.717) is 11.7 Å². The van der Waals surface area contributed by atoms with Crippen LogP contribution in [0, 0.1) is 0 Å². The van der Waals surface area contributed by atoms with Gasteiger partial charge in [-0.2, -0.15) is 19.6 Å². The number of aromatic nitrogens is 5. The van der Waals surface area contributed by atoms with Crippen molar-refractivity contribution < 1.29 is 4.42 Å². The second-order valence-corrected chi connectivity index (χ2v) is 4.71. The molecule has 1 fully saturated rings. The normalized spacial score (nSPS) is 19.9. The minimum atomic E-state index is 0.0855. The second-order valence-electron chi connectivity index (χ2n) is 4.71. The molecule has 0 bridgehead atoms. The number of piperazine rings is 1. The van der Waals surface area contributed by atoms with Crippen LogP contribution in [0.4, 0.5) is 5.95 Å². The van der Waals surface area contributed by atoms with E-state index in [-0.39, 0.29) is 6.04 Å². The molecular weight excluding hydrogens is 272 g/mol. The summed E-state index contributed by atoms with van der Waals surface area (Å²) in [5.74, 6) is 1.99. The Morgan fingerprint density at radius 2 is 2.24 bits per heavy atom. The molecule has 0 saturated carbocycles. The summed E-state index contributed by atoms with van der Waals surface area (Å²) in [5, 5.41) is 9.57. The van der Waals surface area contributed by atoms with Gasteiger partial charge in [0.15, 0.2) is 0 Å². The van der Waals surface area contributed by atoms with Gasteiger partial charge < -0.3 is 9.73 Å². The van der Waals surface area contributed by atoms with Crippen LogP contribution in [0.3, 0.4) is 0 Å². The Hall–Kier alpha value is -2.52. The lowest BCUT2D eigenvalue weighted by molar-refractivity contribution is 0.174. The molecule has 3 aromatic heterocycles. The lowest BCUT2D eigenvalue weighted by Gasteiger charge is -2.34. The van der Waals surface area contributed by atoms with E-state index in [1.165, 1.54) is 12.7 Å². The fraction of sp³-hybridized carbons (Fsp3) is 0.333. The number of hydrogen-bond donors (Lipinski definition) is 2. The van der Waals surface area contributed by atoms with Gasteiger partial charge in [0.2, 0.25) is 5.95 Å². The van der Waals surface area contributed by atoms with Crippen molar-refractivity contribution in [1.29, 1.82) is 0 Å². The highest BCUT2D eigenvalue weighted by atomic mass is 16.3. The molecule has 1 atom stereocenters. The first kappa shape index (κ1) is 12.2. The molecule has 1 saturated heterocycles. The number of hydrazine groups is 1. The Morgan fingerprint density at radius 1 is 1.29 bits per heavy atom. The lowest BCUT2D eigenvalue weighted by atomic mass is 10.2. The first-order valence-electron chi connectivity index (χ1n) is 6.70. The third kappa shape index (κ3) is 2.22. The van der Waals surface area contributed by atoms with Crippen molar-refractivity contribution in [3.63, 3.8) is 0 Å². The van der Waals surface area contributed by atoms with Crippen molar-refractivity contribution in [2.45, 2.75) is 6.04 Å². The first-order chi connectivity index (χ1) is 10.4. The molecule has 0 amide bonds. The zero-order chi connectivity index (χ0) is 14.1. The number of fused-ring (bicyclic) bond motifs is 1. The van der Waals surface area contributed by atoms with Gasteiger partial charge in [0.25, 0.3) is 5.78 Å². The zero-order valence-electron chi connectivity index (χ0n) is 11.2. The minimum Gasteiger partial charge on any atom is -0.468 e.